The van der Waals surface area contributed by atoms with Crippen molar-refractivity contribution in [3.63, 3.8) is 0 Å². The van der Waals surface area contributed by atoms with Crippen molar-refractivity contribution in [2.75, 3.05) is 6.61 Å². The van der Waals surface area contributed by atoms with E-state index in [1.54, 1.807) is 13.8 Å². The highest BCUT2D eigenvalue weighted by molar-refractivity contribution is 7.82. The number of fused-ring (bicyclic) bond motifs is 6. The minimum Gasteiger partial charge on any atom is -0.393 e. The van der Waals surface area contributed by atoms with Crippen LogP contribution < -0.4 is 0 Å². The third-order valence-corrected chi connectivity index (χ3v) is 10.2. The highest BCUT2D eigenvalue weighted by Gasteiger charge is 2.75. The van der Waals surface area contributed by atoms with Crippen molar-refractivity contribution in [2.45, 2.75) is 69.9 Å². The minimum absolute atomic E-state index is 0.112. The van der Waals surface area contributed by atoms with Crippen LogP contribution >= 0.6 is 0 Å². The maximum Gasteiger partial charge on any atom is 0.405 e. The van der Waals surface area contributed by atoms with Gasteiger partial charge in [0.05, 0.1) is 17.9 Å². The van der Waals surface area contributed by atoms with Crippen LogP contribution in [0.2, 0.25) is 0 Å². The molecular weight excluding hydrogens is 428 g/mol. The van der Waals surface area contributed by atoms with Gasteiger partial charge in [0.1, 0.15) is 12.2 Å². The van der Waals surface area contributed by atoms with Gasteiger partial charge in [0.25, 0.3) is 0 Å². The number of carbonyl (C=O) groups is 2. The summed E-state index contributed by atoms with van der Waals surface area (Å²) < 4.78 is 34.2. The zero-order chi connectivity index (χ0) is 22.6. The Morgan fingerprint density at radius 2 is 1.94 bits per heavy atom. The Labute approximate surface area is 180 Å². The first-order valence-corrected chi connectivity index (χ1v) is 12.1. The van der Waals surface area contributed by atoms with Gasteiger partial charge in [-0.1, -0.05) is 19.4 Å². The molecule has 1 saturated heterocycles. The van der Waals surface area contributed by atoms with Gasteiger partial charge in [0.2, 0.25) is 5.79 Å². The lowest BCUT2D eigenvalue weighted by Crippen LogP contribution is -2.71. The lowest BCUT2D eigenvalue weighted by atomic mass is 9.44. The van der Waals surface area contributed by atoms with Gasteiger partial charge in [0.15, 0.2) is 11.6 Å². The van der Waals surface area contributed by atoms with Gasteiger partial charge >= 0.3 is 10.4 Å². The summed E-state index contributed by atoms with van der Waals surface area (Å²) in [7, 11) is -4.19. The fourth-order valence-corrected chi connectivity index (χ4v) is 9.04. The Balaban J connectivity index is 1.60. The molecule has 9 nitrogen and oxygen atoms in total. The minimum atomic E-state index is -4.19. The largest absolute Gasteiger partial charge is 0.405 e. The predicted molar refractivity (Wildman–Crippen MR) is 104 cm³/mol. The molecule has 31 heavy (non-hydrogen) atoms. The third-order valence-electron chi connectivity index (χ3n) is 9.30. The topological polar surface area (TPSA) is 147 Å². The quantitative estimate of drug-likeness (QED) is 0.536. The summed E-state index contributed by atoms with van der Waals surface area (Å²) in [6, 6.07) is 0. The molecule has 0 bridgehead atoms. The third kappa shape index (κ3) is 2.46. The number of Topliss-reactive ketones (excluding diaryl/α,β-unsaturated/α-hetero) is 1. The van der Waals surface area contributed by atoms with Crippen LogP contribution in [0, 0.1) is 28.6 Å². The Bertz CT molecular complexity index is 990. The van der Waals surface area contributed by atoms with Crippen LogP contribution in [-0.4, -0.2) is 59.4 Å². The molecule has 7 atom stereocenters. The molecule has 1 spiro atoms. The normalized spacial score (nSPS) is 49.5. The Morgan fingerprint density at radius 1 is 1.26 bits per heavy atom. The first-order chi connectivity index (χ1) is 14.3. The van der Waals surface area contributed by atoms with E-state index in [0.29, 0.717) is 24.8 Å². The van der Waals surface area contributed by atoms with Gasteiger partial charge in [-0.2, -0.15) is 8.42 Å². The summed E-state index contributed by atoms with van der Waals surface area (Å²) in [5, 5.41) is 32.1. The van der Waals surface area contributed by atoms with Crippen molar-refractivity contribution in [3.8, 4) is 0 Å². The Morgan fingerprint density at radius 3 is 2.55 bits per heavy atom. The summed E-state index contributed by atoms with van der Waals surface area (Å²) in [6.45, 7) is 2.83. The molecule has 172 valence electrons. The second-order valence-electron chi connectivity index (χ2n) is 10.3. The van der Waals surface area contributed by atoms with E-state index in [0.717, 1.165) is 0 Å². The van der Waals surface area contributed by atoms with Crippen LogP contribution in [0.25, 0.3) is 0 Å². The fraction of sp³-hybridized carbons (Fsp3) is 0.810. The van der Waals surface area contributed by atoms with Crippen LogP contribution in [-0.2, 0) is 28.4 Å². The van der Waals surface area contributed by atoms with E-state index in [1.807, 2.05) is 0 Å². The number of aliphatic hydroxyl groups is 3. The number of hydrogen-bond donors (Lipinski definition) is 3. The molecule has 3 N–H and O–H groups in total. The summed E-state index contributed by atoms with van der Waals surface area (Å²) in [5.74, 6) is -3.33. The van der Waals surface area contributed by atoms with Crippen molar-refractivity contribution < 1.29 is 41.7 Å². The van der Waals surface area contributed by atoms with Gasteiger partial charge < -0.3 is 15.3 Å². The number of carbonyl (C=O) groups excluding carboxylic acids is 2. The summed E-state index contributed by atoms with van der Waals surface area (Å²) in [6.07, 6.45) is 2.28. The van der Waals surface area contributed by atoms with Gasteiger partial charge in [-0.25, -0.2) is 8.37 Å². The van der Waals surface area contributed by atoms with Gasteiger partial charge in [0, 0.05) is 11.3 Å². The van der Waals surface area contributed by atoms with E-state index < -0.39 is 57.0 Å². The van der Waals surface area contributed by atoms with E-state index in [2.05, 4.69) is 0 Å². The second-order valence-corrected chi connectivity index (χ2v) is 11.5. The molecule has 0 amide bonds. The molecular formula is C21H28O9S. The molecule has 5 aliphatic rings. The maximum atomic E-state index is 12.5. The van der Waals surface area contributed by atoms with E-state index in [4.69, 9.17) is 8.37 Å². The molecule has 0 unspecified atom stereocenters. The van der Waals surface area contributed by atoms with Crippen LogP contribution in [0.5, 0.6) is 0 Å². The average Bonchev–Trinajstić information content (AvgIpc) is 2.92. The zero-order valence-corrected chi connectivity index (χ0v) is 18.4. The predicted octanol–water partition coefficient (Wildman–Crippen LogP) is 0.379. The standard InChI is InChI=1S/C21H28O9S/c1-18-9-15(24)17-13(14(18)5-6-20(18,26)16(25)10-22)4-3-11-7-12(23)8-21(19(11,17)2)29-31(27,28)30-21/h7,13-15,17,22,24,26H,3-6,8-10H2,1-2H3/t13-,14-,15-,17+,18-,19-,20-/m0/s1. The van der Waals surface area contributed by atoms with Crippen molar-refractivity contribution in [2.24, 2.45) is 28.6 Å². The van der Waals surface area contributed by atoms with Gasteiger partial charge in [-0.05, 0) is 50.0 Å². The van der Waals surface area contributed by atoms with E-state index >= 15 is 0 Å². The highest BCUT2D eigenvalue weighted by Crippen LogP contribution is 2.70. The van der Waals surface area contributed by atoms with Crippen LogP contribution in [0.4, 0.5) is 0 Å². The maximum absolute atomic E-state index is 12.5. The molecule has 3 saturated carbocycles. The molecule has 4 fully saturated rings. The molecule has 1 aliphatic heterocycles. The van der Waals surface area contributed by atoms with Gasteiger partial charge in [-0.15, -0.1) is 0 Å². The van der Waals surface area contributed by atoms with Crippen molar-refractivity contribution in [3.05, 3.63) is 11.6 Å². The lowest BCUT2D eigenvalue weighted by Gasteiger charge is -2.65. The molecule has 5 rings (SSSR count). The number of ketones is 2. The monoisotopic (exact) mass is 456 g/mol. The molecule has 0 aromatic heterocycles. The number of rotatable bonds is 2. The smallest absolute Gasteiger partial charge is 0.393 e. The molecule has 0 aromatic rings. The summed E-state index contributed by atoms with van der Waals surface area (Å²) >= 11 is 0. The number of hydrogen-bond acceptors (Lipinski definition) is 9. The Hall–Kier alpha value is -1.17. The van der Waals surface area contributed by atoms with E-state index in [9.17, 15) is 33.3 Å². The number of aliphatic hydroxyl groups excluding tert-OH is 2. The highest BCUT2D eigenvalue weighted by atomic mass is 32.3. The molecule has 10 heteroatoms. The first-order valence-electron chi connectivity index (χ1n) is 10.8. The van der Waals surface area contributed by atoms with Crippen molar-refractivity contribution in [1.82, 2.24) is 0 Å². The van der Waals surface area contributed by atoms with Crippen molar-refractivity contribution >= 4 is 22.0 Å². The van der Waals surface area contributed by atoms with Crippen LogP contribution in [0.3, 0.4) is 0 Å². The lowest BCUT2D eigenvalue weighted by molar-refractivity contribution is -0.291. The van der Waals surface area contributed by atoms with E-state index in [-0.39, 0.29) is 36.9 Å². The summed E-state index contributed by atoms with van der Waals surface area (Å²) in [4.78, 5) is 24.8. The first kappa shape index (κ1) is 21.7. The molecule has 1 heterocycles. The fourth-order valence-electron chi connectivity index (χ4n) is 7.90. The zero-order valence-electron chi connectivity index (χ0n) is 17.5. The molecule has 4 aliphatic carbocycles. The van der Waals surface area contributed by atoms with Crippen LogP contribution in [0.1, 0.15) is 52.4 Å². The second kappa shape index (κ2) is 6.24. The molecule has 0 aromatic carbocycles. The summed E-state index contributed by atoms with van der Waals surface area (Å²) in [5.41, 5.74) is -2.97. The van der Waals surface area contributed by atoms with E-state index in [1.165, 1.54) is 6.08 Å². The SMILES string of the molecule is C[C@@]12C(=CC(=O)CC13OS(=O)(=O)O3)CC[C@@H]1[C@@H]2[C@@H](O)C[C@@]2(C)[C@H]1CC[C@]2(O)C(=O)CO. The van der Waals surface area contributed by atoms with Crippen LogP contribution in [0.15, 0.2) is 11.6 Å². The molecule has 0 radical (unpaired) electrons. The van der Waals surface area contributed by atoms with Crippen molar-refractivity contribution in [1.29, 1.82) is 0 Å². The van der Waals surface area contributed by atoms with Gasteiger partial charge in [-0.3, -0.25) is 9.59 Å². The Kier molecular flexibility index (Phi) is 4.36. The average molecular weight is 457 g/mol.